The smallest absolute Gasteiger partial charge is 0.0569 e. The van der Waals surface area contributed by atoms with E-state index in [1.165, 1.54) is 0 Å². The number of aliphatic hydroxyl groups excluding tert-OH is 1. The zero-order chi connectivity index (χ0) is 11.3. The second-order valence-corrected chi connectivity index (χ2v) is 5.16. The van der Waals surface area contributed by atoms with Crippen LogP contribution in [-0.2, 0) is 0 Å². The molecule has 2 atom stereocenters. The summed E-state index contributed by atoms with van der Waals surface area (Å²) in [5.41, 5.74) is 6.62. The van der Waals surface area contributed by atoms with Gasteiger partial charge in [0.05, 0.1) is 5.69 Å². The third-order valence-corrected chi connectivity index (χ3v) is 3.25. The van der Waals surface area contributed by atoms with Gasteiger partial charge in [-0.1, -0.05) is 6.92 Å². The lowest BCUT2D eigenvalue weighted by Crippen LogP contribution is -2.07. The molecule has 0 amide bonds. The van der Waals surface area contributed by atoms with Crippen molar-refractivity contribution in [2.45, 2.75) is 36.5 Å². The molecule has 1 heterocycles. The lowest BCUT2D eigenvalue weighted by molar-refractivity contribution is 0.289. The van der Waals surface area contributed by atoms with E-state index in [-0.39, 0.29) is 12.6 Å². The van der Waals surface area contributed by atoms with Crippen LogP contribution in [0.3, 0.4) is 0 Å². The quantitative estimate of drug-likeness (QED) is 0.754. The maximum absolute atomic E-state index is 8.79. The fourth-order valence-electron chi connectivity index (χ4n) is 1.20. The Morgan fingerprint density at radius 2 is 2.20 bits per heavy atom. The van der Waals surface area contributed by atoms with Crippen LogP contribution in [0.25, 0.3) is 0 Å². The highest BCUT2D eigenvalue weighted by Gasteiger charge is 2.05. The average Bonchev–Trinajstić information content (AvgIpc) is 2.18. The molecule has 1 aromatic rings. The maximum Gasteiger partial charge on any atom is 0.0569 e. The van der Waals surface area contributed by atoms with E-state index in [1.807, 2.05) is 25.3 Å². The summed E-state index contributed by atoms with van der Waals surface area (Å²) < 4.78 is 0. The fraction of sp³-hybridized carbons (Fsp3) is 0.545. The predicted octanol–water partition coefficient (Wildman–Crippen LogP) is 1.96. The third kappa shape index (κ3) is 4.20. The highest BCUT2D eigenvalue weighted by atomic mass is 32.2. The number of thioether (sulfide) groups is 1. The molecule has 0 radical (unpaired) electrons. The van der Waals surface area contributed by atoms with Crippen molar-refractivity contribution in [1.29, 1.82) is 0 Å². The summed E-state index contributed by atoms with van der Waals surface area (Å²) in [4.78, 5) is 5.41. The summed E-state index contributed by atoms with van der Waals surface area (Å²) in [5.74, 6) is 0. The van der Waals surface area contributed by atoms with Crippen molar-refractivity contribution >= 4 is 11.8 Å². The van der Waals surface area contributed by atoms with Crippen molar-refractivity contribution < 1.29 is 5.11 Å². The van der Waals surface area contributed by atoms with E-state index < -0.39 is 0 Å². The van der Waals surface area contributed by atoms with Crippen LogP contribution in [0, 0.1) is 0 Å². The minimum absolute atomic E-state index is 0.0149. The topological polar surface area (TPSA) is 59.1 Å². The Labute approximate surface area is 95.1 Å². The zero-order valence-corrected chi connectivity index (χ0v) is 10.00. The fourth-order valence-corrected chi connectivity index (χ4v) is 2.15. The largest absolute Gasteiger partial charge is 0.396 e. The molecule has 15 heavy (non-hydrogen) atoms. The van der Waals surface area contributed by atoms with E-state index in [4.69, 9.17) is 10.8 Å². The van der Waals surface area contributed by atoms with Crippen molar-refractivity contribution in [1.82, 2.24) is 4.98 Å². The van der Waals surface area contributed by atoms with Crippen LogP contribution in [0.15, 0.2) is 23.2 Å². The molecule has 1 aromatic heterocycles. The van der Waals surface area contributed by atoms with Crippen molar-refractivity contribution in [3.8, 4) is 0 Å². The van der Waals surface area contributed by atoms with Crippen LogP contribution < -0.4 is 5.73 Å². The Kier molecular flexibility index (Phi) is 5.08. The number of nitrogens with two attached hydrogens (primary N) is 1. The van der Waals surface area contributed by atoms with Gasteiger partial charge in [0, 0.05) is 29.0 Å². The summed E-state index contributed by atoms with van der Waals surface area (Å²) in [6.07, 6.45) is 2.65. The Bertz CT molecular complexity index is 287. The highest BCUT2D eigenvalue weighted by molar-refractivity contribution is 7.99. The standard InChI is InChI=1S/C11H18N2OS/c1-8(5-6-14)15-10-3-4-11(9(2)12)13-7-10/h3-4,7-9,14H,5-6,12H2,1-2H3/t8?,9-/m0/s1. The first-order valence-corrected chi connectivity index (χ1v) is 6.00. The molecule has 0 saturated heterocycles. The molecular formula is C11H18N2OS. The molecule has 0 aliphatic heterocycles. The second-order valence-electron chi connectivity index (χ2n) is 3.65. The molecule has 4 heteroatoms. The van der Waals surface area contributed by atoms with Crippen LogP contribution in [-0.4, -0.2) is 21.9 Å². The van der Waals surface area contributed by atoms with Crippen molar-refractivity contribution in [2.24, 2.45) is 5.73 Å². The Hall–Kier alpha value is -0.580. The monoisotopic (exact) mass is 226 g/mol. The van der Waals surface area contributed by atoms with Crippen LogP contribution in [0.1, 0.15) is 32.0 Å². The van der Waals surface area contributed by atoms with Gasteiger partial charge >= 0.3 is 0 Å². The molecule has 0 aliphatic rings. The lowest BCUT2D eigenvalue weighted by atomic mass is 10.2. The van der Waals surface area contributed by atoms with Crippen LogP contribution in [0.4, 0.5) is 0 Å². The minimum atomic E-state index is -0.0149. The lowest BCUT2D eigenvalue weighted by Gasteiger charge is -2.10. The number of rotatable bonds is 5. The van der Waals surface area contributed by atoms with Gasteiger partial charge in [0.1, 0.15) is 0 Å². The van der Waals surface area contributed by atoms with E-state index in [2.05, 4.69) is 11.9 Å². The van der Waals surface area contributed by atoms with E-state index >= 15 is 0 Å². The van der Waals surface area contributed by atoms with Crippen LogP contribution >= 0.6 is 11.8 Å². The molecule has 84 valence electrons. The second kappa shape index (κ2) is 6.10. The molecule has 3 N–H and O–H groups in total. The highest BCUT2D eigenvalue weighted by Crippen LogP contribution is 2.24. The first-order valence-electron chi connectivity index (χ1n) is 5.12. The zero-order valence-electron chi connectivity index (χ0n) is 9.18. The molecule has 3 nitrogen and oxygen atoms in total. The molecule has 1 unspecified atom stereocenters. The number of aromatic nitrogens is 1. The van der Waals surface area contributed by atoms with E-state index in [0.29, 0.717) is 5.25 Å². The Balaban J connectivity index is 2.56. The summed E-state index contributed by atoms with van der Waals surface area (Å²) in [6, 6.07) is 3.97. The van der Waals surface area contributed by atoms with Gasteiger partial charge in [0.15, 0.2) is 0 Å². The third-order valence-electron chi connectivity index (χ3n) is 2.10. The predicted molar refractivity (Wildman–Crippen MR) is 63.9 cm³/mol. The van der Waals surface area contributed by atoms with Gasteiger partial charge in [0.2, 0.25) is 0 Å². The van der Waals surface area contributed by atoms with Crippen LogP contribution in [0.2, 0.25) is 0 Å². The van der Waals surface area contributed by atoms with Gasteiger partial charge in [-0.2, -0.15) is 0 Å². The average molecular weight is 226 g/mol. The van der Waals surface area contributed by atoms with Gasteiger partial charge in [0.25, 0.3) is 0 Å². The van der Waals surface area contributed by atoms with Gasteiger partial charge < -0.3 is 10.8 Å². The molecule has 0 aromatic carbocycles. The molecule has 0 fully saturated rings. The molecular weight excluding hydrogens is 208 g/mol. The van der Waals surface area contributed by atoms with E-state index in [1.54, 1.807) is 11.8 Å². The van der Waals surface area contributed by atoms with Gasteiger partial charge in [-0.25, -0.2) is 0 Å². The van der Waals surface area contributed by atoms with Gasteiger partial charge in [-0.15, -0.1) is 11.8 Å². The molecule has 0 saturated carbocycles. The Morgan fingerprint density at radius 3 is 2.67 bits per heavy atom. The van der Waals surface area contributed by atoms with Crippen molar-refractivity contribution in [3.63, 3.8) is 0 Å². The molecule has 1 rings (SSSR count). The van der Waals surface area contributed by atoms with Gasteiger partial charge in [-0.3, -0.25) is 4.98 Å². The number of aliphatic hydroxyl groups is 1. The van der Waals surface area contributed by atoms with E-state index in [0.717, 1.165) is 17.0 Å². The SMILES string of the molecule is CC(CCO)Sc1ccc([C@H](C)N)nc1. The van der Waals surface area contributed by atoms with Crippen molar-refractivity contribution in [3.05, 3.63) is 24.0 Å². The molecule has 0 bridgehead atoms. The molecule has 0 spiro atoms. The van der Waals surface area contributed by atoms with Gasteiger partial charge in [-0.05, 0) is 25.5 Å². The normalized spacial score (nSPS) is 14.9. The number of hydrogen-bond donors (Lipinski definition) is 2. The molecule has 0 aliphatic carbocycles. The summed E-state index contributed by atoms with van der Waals surface area (Å²) in [6.45, 7) is 4.25. The number of pyridine rings is 1. The summed E-state index contributed by atoms with van der Waals surface area (Å²) in [7, 11) is 0. The maximum atomic E-state index is 8.79. The minimum Gasteiger partial charge on any atom is -0.396 e. The van der Waals surface area contributed by atoms with Crippen LogP contribution in [0.5, 0.6) is 0 Å². The van der Waals surface area contributed by atoms with E-state index in [9.17, 15) is 0 Å². The number of nitrogens with zero attached hydrogens (tertiary/aromatic N) is 1. The number of hydrogen-bond acceptors (Lipinski definition) is 4. The van der Waals surface area contributed by atoms with Crippen molar-refractivity contribution in [2.75, 3.05) is 6.61 Å². The first-order chi connectivity index (χ1) is 7.13. The first kappa shape index (κ1) is 12.5. The Morgan fingerprint density at radius 1 is 1.47 bits per heavy atom. The summed E-state index contributed by atoms with van der Waals surface area (Å²) in [5, 5.41) is 9.20. The summed E-state index contributed by atoms with van der Waals surface area (Å²) >= 11 is 1.73.